The van der Waals surface area contributed by atoms with Gasteiger partial charge in [0.1, 0.15) is 5.82 Å². The van der Waals surface area contributed by atoms with Crippen molar-refractivity contribution in [1.29, 1.82) is 0 Å². The molecule has 1 atom stereocenters. The van der Waals surface area contributed by atoms with E-state index in [2.05, 4.69) is 0 Å². The number of benzene rings is 1. The van der Waals surface area contributed by atoms with E-state index >= 15 is 0 Å². The quantitative estimate of drug-likeness (QED) is 0.774. The molecule has 16 heavy (non-hydrogen) atoms. The zero-order chi connectivity index (χ0) is 12.5. The highest BCUT2D eigenvalue weighted by atomic mass is 19.4. The number of aliphatic hydroxyl groups excluding tert-OH is 1. The monoisotopic (exact) mass is 238 g/mol. The predicted octanol–water partition coefficient (Wildman–Crippen LogP) is 1.96. The second kappa shape index (κ2) is 4.09. The molecule has 0 radical (unpaired) electrons. The molecule has 1 aromatic carbocycles. The summed E-state index contributed by atoms with van der Waals surface area (Å²) in [7, 11) is 0. The molecule has 0 aliphatic carbocycles. The third kappa shape index (κ3) is 2.30. The lowest BCUT2D eigenvalue weighted by molar-refractivity contribution is -0.148. The second-order valence-electron chi connectivity index (χ2n) is 2.95. The first kappa shape index (κ1) is 12.4. The van der Waals surface area contributed by atoms with Crippen LogP contribution in [-0.2, 0) is 11.0 Å². The maximum absolute atomic E-state index is 13.2. The number of aliphatic carboxylic acids is 1. The summed E-state index contributed by atoms with van der Waals surface area (Å²) in [5, 5.41) is 17.3. The molecule has 0 aromatic heterocycles. The molecule has 0 aliphatic heterocycles. The number of carboxylic acid groups (broad SMARTS) is 1. The van der Waals surface area contributed by atoms with Gasteiger partial charge in [-0.1, -0.05) is 12.1 Å². The van der Waals surface area contributed by atoms with Crippen molar-refractivity contribution in [2.24, 2.45) is 0 Å². The number of alkyl halides is 3. The van der Waals surface area contributed by atoms with Crippen LogP contribution in [0.5, 0.6) is 0 Å². The summed E-state index contributed by atoms with van der Waals surface area (Å²) in [5.41, 5.74) is -2.52. The molecule has 0 spiro atoms. The van der Waals surface area contributed by atoms with Crippen molar-refractivity contribution in [3.05, 3.63) is 35.1 Å². The van der Waals surface area contributed by atoms with E-state index in [0.29, 0.717) is 6.07 Å². The lowest BCUT2D eigenvalue weighted by atomic mass is 10.0. The number of halogens is 4. The summed E-state index contributed by atoms with van der Waals surface area (Å²) in [6.45, 7) is 0. The Kier molecular flexibility index (Phi) is 3.18. The summed E-state index contributed by atoms with van der Waals surface area (Å²) < 4.78 is 49.9. The summed E-state index contributed by atoms with van der Waals surface area (Å²) >= 11 is 0. The van der Waals surface area contributed by atoms with Crippen molar-refractivity contribution >= 4 is 5.97 Å². The molecule has 1 aromatic rings. The zero-order valence-corrected chi connectivity index (χ0v) is 7.62. The van der Waals surface area contributed by atoms with E-state index in [9.17, 15) is 22.4 Å². The van der Waals surface area contributed by atoms with Gasteiger partial charge in [0.15, 0.2) is 6.10 Å². The number of hydrogen-bond acceptors (Lipinski definition) is 2. The Balaban J connectivity index is 3.30. The van der Waals surface area contributed by atoms with Crippen LogP contribution in [0.15, 0.2) is 18.2 Å². The predicted molar refractivity (Wildman–Crippen MR) is 44.0 cm³/mol. The fourth-order valence-electron chi connectivity index (χ4n) is 1.11. The van der Waals surface area contributed by atoms with Crippen LogP contribution in [0.3, 0.4) is 0 Å². The highest BCUT2D eigenvalue weighted by Gasteiger charge is 2.36. The number of rotatable bonds is 2. The van der Waals surface area contributed by atoms with E-state index in [1.54, 1.807) is 0 Å². The van der Waals surface area contributed by atoms with Gasteiger partial charge in [0, 0.05) is 5.56 Å². The Morgan fingerprint density at radius 3 is 2.31 bits per heavy atom. The number of carboxylic acids is 1. The Bertz CT molecular complexity index is 414. The topological polar surface area (TPSA) is 57.5 Å². The molecule has 0 heterocycles. The van der Waals surface area contributed by atoms with Gasteiger partial charge in [-0.15, -0.1) is 0 Å². The average Bonchev–Trinajstić information content (AvgIpc) is 2.15. The minimum Gasteiger partial charge on any atom is -0.479 e. The smallest absolute Gasteiger partial charge is 0.419 e. The molecule has 3 nitrogen and oxygen atoms in total. The van der Waals surface area contributed by atoms with Crippen LogP contribution in [0.1, 0.15) is 17.2 Å². The molecule has 0 saturated carbocycles. The molecule has 0 unspecified atom stereocenters. The maximum atomic E-state index is 13.2. The van der Waals surface area contributed by atoms with Gasteiger partial charge in [-0.25, -0.2) is 9.18 Å². The van der Waals surface area contributed by atoms with E-state index in [4.69, 9.17) is 10.2 Å². The van der Waals surface area contributed by atoms with Gasteiger partial charge in [0.05, 0.1) is 5.56 Å². The fourth-order valence-corrected chi connectivity index (χ4v) is 1.11. The van der Waals surface area contributed by atoms with Gasteiger partial charge in [0.2, 0.25) is 0 Å². The maximum Gasteiger partial charge on any atom is 0.419 e. The van der Waals surface area contributed by atoms with Crippen molar-refractivity contribution in [2.45, 2.75) is 12.3 Å². The van der Waals surface area contributed by atoms with Crippen molar-refractivity contribution in [3.63, 3.8) is 0 Å². The van der Waals surface area contributed by atoms with E-state index < -0.39 is 35.2 Å². The molecule has 7 heteroatoms. The summed E-state index contributed by atoms with van der Waals surface area (Å²) in [5.74, 6) is -3.59. The third-order valence-electron chi connectivity index (χ3n) is 1.86. The van der Waals surface area contributed by atoms with Crippen LogP contribution in [0.25, 0.3) is 0 Å². The lowest BCUT2D eigenvalue weighted by Crippen LogP contribution is -2.16. The first-order chi connectivity index (χ1) is 7.25. The summed E-state index contributed by atoms with van der Waals surface area (Å²) in [6, 6.07) is 2.07. The molecule has 2 N–H and O–H groups in total. The van der Waals surface area contributed by atoms with Crippen LogP contribution in [0.4, 0.5) is 17.6 Å². The number of hydrogen-bond donors (Lipinski definition) is 2. The van der Waals surface area contributed by atoms with E-state index in [0.717, 1.165) is 12.1 Å². The van der Waals surface area contributed by atoms with Crippen LogP contribution in [0.2, 0.25) is 0 Å². The average molecular weight is 238 g/mol. The Morgan fingerprint density at radius 1 is 1.31 bits per heavy atom. The molecular weight excluding hydrogens is 232 g/mol. The van der Waals surface area contributed by atoms with Crippen molar-refractivity contribution in [2.75, 3.05) is 0 Å². The van der Waals surface area contributed by atoms with Gasteiger partial charge in [0.25, 0.3) is 0 Å². The minimum absolute atomic E-state index is 0.466. The molecule has 0 bridgehead atoms. The Morgan fingerprint density at radius 2 is 1.88 bits per heavy atom. The minimum atomic E-state index is -4.93. The molecule has 0 aliphatic rings. The van der Waals surface area contributed by atoms with Crippen molar-refractivity contribution in [1.82, 2.24) is 0 Å². The second-order valence-corrected chi connectivity index (χ2v) is 2.95. The van der Waals surface area contributed by atoms with Gasteiger partial charge in [-0.05, 0) is 6.07 Å². The Hall–Kier alpha value is -1.63. The third-order valence-corrected chi connectivity index (χ3v) is 1.86. The van der Waals surface area contributed by atoms with Crippen molar-refractivity contribution in [3.8, 4) is 0 Å². The Labute approximate surface area is 86.9 Å². The molecule has 0 fully saturated rings. The zero-order valence-electron chi connectivity index (χ0n) is 7.62. The molecule has 0 saturated heterocycles. The summed E-state index contributed by atoms with van der Waals surface area (Å²) in [6.07, 6.45) is -7.25. The van der Waals surface area contributed by atoms with Crippen LogP contribution < -0.4 is 0 Å². The lowest BCUT2D eigenvalue weighted by Gasteiger charge is -2.12. The molecule has 0 amide bonds. The first-order valence-corrected chi connectivity index (χ1v) is 4.01. The van der Waals surface area contributed by atoms with E-state index in [-0.39, 0.29) is 0 Å². The van der Waals surface area contributed by atoms with Crippen LogP contribution >= 0.6 is 0 Å². The van der Waals surface area contributed by atoms with Gasteiger partial charge in [-0.3, -0.25) is 0 Å². The highest BCUT2D eigenvalue weighted by Crippen LogP contribution is 2.33. The number of aliphatic hydroxyl groups is 1. The van der Waals surface area contributed by atoms with E-state index in [1.807, 2.05) is 0 Å². The van der Waals surface area contributed by atoms with Gasteiger partial charge in [-0.2, -0.15) is 13.2 Å². The largest absolute Gasteiger partial charge is 0.479 e. The van der Waals surface area contributed by atoms with Gasteiger partial charge < -0.3 is 10.2 Å². The highest BCUT2D eigenvalue weighted by molar-refractivity contribution is 5.74. The first-order valence-electron chi connectivity index (χ1n) is 4.01. The molecular formula is C9H6F4O3. The fraction of sp³-hybridized carbons (Fsp3) is 0.222. The molecule has 88 valence electrons. The van der Waals surface area contributed by atoms with Crippen LogP contribution in [0, 0.1) is 5.82 Å². The van der Waals surface area contributed by atoms with Gasteiger partial charge >= 0.3 is 12.1 Å². The molecule has 1 rings (SSSR count). The van der Waals surface area contributed by atoms with E-state index in [1.165, 1.54) is 0 Å². The number of carbonyl (C=O) groups is 1. The normalized spacial score (nSPS) is 13.6. The standard InChI is InChI=1S/C9H6F4O3/c10-6-4(7(14)8(15)16)2-1-3-5(6)9(11,12)13/h1-3,7,14H,(H,15,16)/t7-/m0/s1. The van der Waals surface area contributed by atoms with Crippen molar-refractivity contribution < 1.29 is 32.6 Å². The summed E-state index contributed by atoms with van der Waals surface area (Å²) in [4.78, 5) is 10.3. The SMILES string of the molecule is O=C(O)[C@@H](O)c1cccc(C(F)(F)F)c1F. The van der Waals surface area contributed by atoms with Crippen LogP contribution in [-0.4, -0.2) is 16.2 Å².